The maximum atomic E-state index is 12.4. The molecule has 142 valence electrons. The lowest BCUT2D eigenvalue weighted by Gasteiger charge is -2.21. The second kappa shape index (κ2) is 8.84. The van der Waals surface area contributed by atoms with Crippen LogP contribution in [0.5, 0.6) is 0 Å². The summed E-state index contributed by atoms with van der Waals surface area (Å²) in [5, 5.41) is 12.2. The Bertz CT molecular complexity index is 863. The first-order chi connectivity index (χ1) is 12.8. The van der Waals surface area contributed by atoms with E-state index in [1.54, 1.807) is 38.2 Å². The van der Waals surface area contributed by atoms with Gasteiger partial charge in [-0.05, 0) is 43.7 Å². The number of carboxylic acid groups (broad SMARTS) is 1. The monoisotopic (exact) mass is 370 g/mol. The van der Waals surface area contributed by atoms with E-state index in [2.05, 4.69) is 5.32 Å². The average Bonchev–Trinajstić information content (AvgIpc) is 2.61. The van der Waals surface area contributed by atoms with Crippen LogP contribution >= 0.6 is 0 Å². The van der Waals surface area contributed by atoms with Crippen molar-refractivity contribution in [2.75, 3.05) is 30.4 Å². The van der Waals surface area contributed by atoms with Gasteiger partial charge in [0.05, 0.1) is 17.9 Å². The van der Waals surface area contributed by atoms with Crippen LogP contribution in [0.1, 0.15) is 33.2 Å². The van der Waals surface area contributed by atoms with Crippen LogP contribution < -0.4 is 10.2 Å². The maximum Gasteiger partial charge on any atom is 0.337 e. The first kappa shape index (κ1) is 20.0. The highest BCUT2D eigenvalue weighted by Gasteiger charge is 2.18. The topological polar surface area (TPSA) is 95.9 Å². The van der Waals surface area contributed by atoms with E-state index in [1.807, 2.05) is 19.1 Å². The number of carbonyl (C=O) groups is 3. The zero-order valence-corrected chi connectivity index (χ0v) is 15.5. The summed E-state index contributed by atoms with van der Waals surface area (Å²) in [6, 6.07) is 11.6. The number of hydrogen-bond acceptors (Lipinski definition) is 5. The molecular formula is C20H22N2O5. The number of hydrogen-bond donors (Lipinski definition) is 2. The van der Waals surface area contributed by atoms with E-state index in [0.717, 1.165) is 5.56 Å². The van der Waals surface area contributed by atoms with Crippen LogP contribution in [0.15, 0.2) is 42.5 Å². The molecule has 0 radical (unpaired) electrons. The number of anilines is 2. The van der Waals surface area contributed by atoms with Crippen LogP contribution in [0.25, 0.3) is 0 Å². The summed E-state index contributed by atoms with van der Waals surface area (Å²) in [6.45, 7) is 3.70. The van der Waals surface area contributed by atoms with E-state index >= 15 is 0 Å². The van der Waals surface area contributed by atoms with Crippen molar-refractivity contribution in [1.82, 2.24) is 0 Å². The minimum atomic E-state index is -1.16. The first-order valence-corrected chi connectivity index (χ1v) is 8.44. The Morgan fingerprint density at radius 2 is 1.81 bits per heavy atom. The van der Waals surface area contributed by atoms with Crippen molar-refractivity contribution in [1.29, 1.82) is 0 Å². The summed E-state index contributed by atoms with van der Waals surface area (Å²) >= 11 is 0. The number of carboxylic acids is 1. The SMILES string of the molecule is CCOC(=O)CN(C)c1ccc(NC(=O)c2ccccc2C)cc1C(=O)O. The highest BCUT2D eigenvalue weighted by molar-refractivity contribution is 6.06. The van der Waals surface area contributed by atoms with E-state index < -0.39 is 11.9 Å². The minimum absolute atomic E-state index is 0.0237. The smallest absolute Gasteiger partial charge is 0.337 e. The van der Waals surface area contributed by atoms with Crippen LogP contribution in [-0.2, 0) is 9.53 Å². The summed E-state index contributed by atoms with van der Waals surface area (Å²) in [6.07, 6.45) is 0. The normalized spacial score (nSPS) is 10.2. The molecule has 0 aliphatic carbocycles. The van der Waals surface area contributed by atoms with Gasteiger partial charge in [0.25, 0.3) is 5.91 Å². The number of esters is 1. The van der Waals surface area contributed by atoms with Gasteiger partial charge in [-0.3, -0.25) is 9.59 Å². The van der Waals surface area contributed by atoms with Gasteiger partial charge < -0.3 is 20.1 Å². The number of nitrogens with zero attached hydrogens (tertiary/aromatic N) is 1. The van der Waals surface area contributed by atoms with Gasteiger partial charge in [-0.1, -0.05) is 18.2 Å². The van der Waals surface area contributed by atoms with Crippen LogP contribution in [0.4, 0.5) is 11.4 Å². The molecule has 0 saturated carbocycles. The summed E-state index contributed by atoms with van der Waals surface area (Å²) in [5.74, 6) is -1.93. The highest BCUT2D eigenvalue weighted by Crippen LogP contribution is 2.24. The van der Waals surface area contributed by atoms with Gasteiger partial charge in [0.2, 0.25) is 0 Å². The van der Waals surface area contributed by atoms with Crippen molar-refractivity contribution in [3.63, 3.8) is 0 Å². The quantitative estimate of drug-likeness (QED) is 0.728. The zero-order chi connectivity index (χ0) is 20.0. The van der Waals surface area contributed by atoms with E-state index in [1.165, 1.54) is 11.0 Å². The van der Waals surface area contributed by atoms with Gasteiger partial charge in [-0.2, -0.15) is 0 Å². The van der Waals surface area contributed by atoms with Gasteiger partial charge in [0.1, 0.15) is 6.54 Å². The highest BCUT2D eigenvalue weighted by atomic mass is 16.5. The van der Waals surface area contributed by atoms with Crippen molar-refractivity contribution < 1.29 is 24.2 Å². The zero-order valence-electron chi connectivity index (χ0n) is 15.5. The number of aryl methyl sites for hydroxylation is 1. The molecule has 0 fully saturated rings. The van der Waals surface area contributed by atoms with E-state index in [-0.39, 0.29) is 24.6 Å². The fourth-order valence-corrected chi connectivity index (χ4v) is 2.63. The number of benzene rings is 2. The molecule has 0 aromatic heterocycles. The van der Waals surface area contributed by atoms with E-state index in [0.29, 0.717) is 16.9 Å². The van der Waals surface area contributed by atoms with Crippen LogP contribution in [0.2, 0.25) is 0 Å². The predicted molar refractivity (Wildman–Crippen MR) is 102 cm³/mol. The van der Waals surface area contributed by atoms with Gasteiger partial charge in [-0.25, -0.2) is 4.79 Å². The molecule has 2 rings (SSSR count). The Morgan fingerprint density at radius 1 is 1.11 bits per heavy atom. The van der Waals surface area contributed by atoms with Crippen molar-refractivity contribution in [3.05, 3.63) is 59.2 Å². The maximum absolute atomic E-state index is 12.4. The number of aromatic carboxylic acids is 1. The largest absolute Gasteiger partial charge is 0.478 e. The van der Waals surface area contributed by atoms with Crippen molar-refractivity contribution in [2.24, 2.45) is 0 Å². The number of rotatable bonds is 7. The lowest BCUT2D eigenvalue weighted by atomic mass is 10.1. The van der Waals surface area contributed by atoms with Gasteiger partial charge in [0.15, 0.2) is 0 Å². The predicted octanol–water partition coefficient (Wildman–Crippen LogP) is 2.94. The van der Waals surface area contributed by atoms with E-state index in [4.69, 9.17) is 4.74 Å². The molecule has 2 aromatic carbocycles. The van der Waals surface area contributed by atoms with Crippen molar-refractivity contribution in [3.8, 4) is 0 Å². The van der Waals surface area contributed by atoms with Gasteiger partial charge in [-0.15, -0.1) is 0 Å². The fourth-order valence-electron chi connectivity index (χ4n) is 2.63. The molecule has 0 aliphatic rings. The van der Waals surface area contributed by atoms with Crippen molar-refractivity contribution >= 4 is 29.2 Å². The van der Waals surface area contributed by atoms with Crippen LogP contribution in [0, 0.1) is 6.92 Å². The van der Waals surface area contributed by atoms with Crippen LogP contribution in [-0.4, -0.2) is 43.2 Å². The standard InChI is InChI=1S/C20H22N2O5/c1-4-27-18(23)12-22(3)17-10-9-14(11-16(17)20(25)26)21-19(24)15-8-6-5-7-13(15)2/h5-11H,4,12H2,1-3H3,(H,21,24)(H,25,26). The number of amides is 1. The Balaban J connectivity index is 2.24. The molecule has 2 aromatic rings. The summed E-state index contributed by atoms with van der Waals surface area (Å²) < 4.78 is 4.89. The summed E-state index contributed by atoms with van der Waals surface area (Å²) in [4.78, 5) is 37.2. The molecule has 2 N–H and O–H groups in total. The summed E-state index contributed by atoms with van der Waals surface area (Å²) in [5.41, 5.74) is 2.01. The van der Waals surface area contributed by atoms with Crippen molar-refractivity contribution in [2.45, 2.75) is 13.8 Å². The molecule has 7 heteroatoms. The second-order valence-electron chi connectivity index (χ2n) is 5.97. The molecule has 0 heterocycles. The first-order valence-electron chi connectivity index (χ1n) is 8.44. The van der Waals surface area contributed by atoms with Gasteiger partial charge in [0, 0.05) is 18.3 Å². The molecule has 0 aliphatic heterocycles. The Labute approximate surface area is 157 Å². The lowest BCUT2D eigenvalue weighted by Crippen LogP contribution is -2.28. The number of likely N-dealkylation sites (N-methyl/N-ethyl adjacent to an activating group) is 1. The summed E-state index contributed by atoms with van der Waals surface area (Å²) in [7, 11) is 1.60. The Hall–Kier alpha value is -3.35. The third-order valence-electron chi connectivity index (χ3n) is 3.96. The average molecular weight is 370 g/mol. The third kappa shape index (κ3) is 5.07. The second-order valence-corrected chi connectivity index (χ2v) is 5.97. The van der Waals surface area contributed by atoms with Crippen LogP contribution in [0.3, 0.4) is 0 Å². The number of ether oxygens (including phenoxy) is 1. The Kier molecular flexibility index (Phi) is 6.54. The molecule has 0 atom stereocenters. The molecule has 7 nitrogen and oxygen atoms in total. The molecule has 0 unspecified atom stereocenters. The van der Waals surface area contributed by atoms with Gasteiger partial charge >= 0.3 is 11.9 Å². The molecule has 0 spiro atoms. The lowest BCUT2D eigenvalue weighted by molar-refractivity contribution is -0.141. The molecule has 0 bridgehead atoms. The number of nitrogens with one attached hydrogen (secondary N) is 1. The third-order valence-corrected chi connectivity index (χ3v) is 3.96. The molecular weight excluding hydrogens is 348 g/mol. The molecule has 27 heavy (non-hydrogen) atoms. The van der Waals surface area contributed by atoms with E-state index in [9.17, 15) is 19.5 Å². The molecule has 0 saturated heterocycles. The fraction of sp³-hybridized carbons (Fsp3) is 0.250. The Morgan fingerprint density at radius 3 is 2.44 bits per heavy atom. The number of carbonyl (C=O) groups excluding carboxylic acids is 2. The minimum Gasteiger partial charge on any atom is -0.478 e. The molecule has 1 amide bonds.